The van der Waals surface area contributed by atoms with Gasteiger partial charge in [-0.3, -0.25) is 4.98 Å². The van der Waals surface area contributed by atoms with E-state index in [0.717, 1.165) is 0 Å². The van der Waals surface area contributed by atoms with Gasteiger partial charge in [0.1, 0.15) is 24.2 Å². The predicted molar refractivity (Wildman–Crippen MR) is 61.1 cm³/mol. The molecular weight excluding hydrogens is 274 g/mol. The zero-order valence-corrected chi connectivity index (χ0v) is 9.92. The number of aliphatic hydroxyl groups excluding tert-OH is 1. The first kappa shape index (κ1) is 11.2. The van der Waals surface area contributed by atoms with Gasteiger partial charge in [0.15, 0.2) is 4.67 Å². The van der Waals surface area contributed by atoms with Crippen molar-refractivity contribution in [2.24, 2.45) is 0 Å². The number of nitrogens with zero attached hydrogens (tertiary/aromatic N) is 1. The second kappa shape index (κ2) is 5.14. The maximum Gasteiger partial charge on any atom is 0.169 e. The first-order valence-electron chi connectivity index (χ1n) is 4.72. The largest absolute Gasteiger partial charge is 0.489 e. The van der Waals surface area contributed by atoms with Gasteiger partial charge in [0, 0.05) is 6.20 Å². The van der Waals surface area contributed by atoms with Gasteiger partial charge in [0.05, 0.1) is 6.20 Å². The van der Waals surface area contributed by atoms with E-state index < -0.39 is 6.10 Å². The number of halogens is 1. The minimum Gasteiger partial charge on any atom is -0.489 e. The van der Waals surface area contributed by atoms with E-state index in [1.165, 1.54) is 0 Å². The van der Waals surface area contributed by atoms with Crippen molar-refractivity contribution in [2.45, 2.75) is 6.10 Å². The molecule has 0 radical (unpaired) electrons. The van der Waals surface area contributed by atoms with Crippen molar-refractivity contribution in [3.63, 3.8) is 0 Å². The van der Waals surface area contributed by atoms with Gasteiger partial charge in [-0.1, -0.05) is 0 Å². The molecule has 16 heavy (non-hydrogen) atoms. The number of aliphatic hydroxyl groups is 1. The molecular formula is C11H10BrNO3. The fourth-order valence-electron chi connectivity index (χ4n) is 1.20. The second-order valence-electron chi connectivity index (χ2n) is 3.16. The molecule has 0 spiro atoms. The van der Waals surface area contributed by atoms with Crippen LogP contribution >= 0.6 is 15.9 Å². The Hall–Kier alpha value is -1.33. The fourth-order valence-corrected chi connectivity index (χ4v) is 1.52. The Labute approximate surface area is 101 Å². The minimum atomic E-state index is -0.786. The van der Waals surface area contributed by atoms with Gasteiger partial charge in [-0.05, 0) is 40.2 Å². The van der Waals surface area contributed by atoms with E-state index in [4.69, 9.17) is 9.15 Å². The first-order valence-corrected chi connectivity index (χ1v) is 5.51. The number of hydrogen-bond donors (Lipinski definition) is 1. The second-order valence-corrected chi connectivity index (χ2v) is 3.94. The molecule has 1 atom stereocenters. The third kappa shape index (κ3) is 2.84. The standard InChI is InChI=1S/C11H10BrNO3/c12-11-4-3-10(16-11)9(14)7-15-8-2-1-5-13-6-8/h1-6,9,14H,7H2. The van der Waals surface area contributed by atoms with E-state index in [1.807, 2.05) is 0 Å². The summed E-state index contributed by atoms with van der Waals surface area (Å²) in [6.45, 7) is 0.131. The number of aromatic nitrogens is 1. The normalized spacial score (nSPS) is 12.4. The predicted octanol–water partition coefficient (Wildman–Crippen LogP) is 2.55. The number of furan rings is 1. The number of pyridine rings is 1. The molecule has 2 aromatic heterocycles. The summed E-state index contributed by atoms with van der Waals surface area (Å²) in [5, 5.41) is 9.74. The highest BCUT2D eigenvalue weighted by molar-refractivity contribution is 9.10. The summed E-state index contributed by atoms with van der Waals surface area (Å²) in [5.74, 6) is 1.09. The quantitative estimate of drug-likeness (QED) is 0.937. The van der Waals surface area contributed by atoms with Crippen molar-refractivity contribution in [3.05, 3.63) is 47.1 Å². The molecule has 2 aromatic rings. The SMILES string of the molecule is OC(COc1cccnc1)c1ccc(Br)o1. The Morgan fingerprint density at radius 2 is 2.31 bits per heavy atom. The van der Waals surface area contributed by atoms with E-state index >= 15 is 0 Å². The van der Waals surface area contributed by atoms with Crippen molar-refractivity contribution >= 4 is 15.9 Å². The molecule has 0 saturated heterocycles. The molecule has 2 rings (SSSR count). The molecule has 1 N–H and O–H groups in total. The highest BCUT2D eigenvalue weighted by atomic mass is 79.9. The Kier molecular flexibility index (Phi) is 3.58. The summed E-state index contributed by atoms with van der Waals surface area (Å²) in [6, 6.07) is 6.97. The monoisotopic (exact) mass is 283 g/mol. The van der Waals surface area contributed by atoms with Gasteiger partial charge in [-0.25, -0.2) is 0 Å². The Morgan fingerprint density at radius 3 is 2.94 bits per heavy atom. The van der Waals surface area contributed by atoms with Crippen LogP contribution in [-0.2, 0) is 0 Å². The number of rotatable bonds is 4. The van der Waals surface area contributed by atoms with Crippen molar-refractivity contribution in [1.82, 2.24) is 4.98 Å². The zero-order valence-electron chi connectivity index (χ0n) is 8.34. The van der Waals surface area contributed by atoms with E-state index in [1.54, 1.807) is 36.7 Å². The van der Waals surface area contributed by atoms with Crippen LogP contribution in [0.1, 0.15) is 11.9 Å². The molecule has 2 heterocycles. The van der Waals surface area contributed by atoms with Gasteiger partial charge < -0.3 is 14.3 Å². The number of hydrogen-bond acceptors (Lipinski definition) is 4. The molecule has 0 saturated carbocycles. The van der Waals surface area contributed by atoms with Crippen LogP contribution in [0.5, 0.6) is 5.75 Å². The van der Waals surface area contributed by atoms with Crippen LogP contribution in [0.3, 0.4) is 0 Å². The lowest BCUT2D eigenvalue weighted by Crippen LogP contribution is -2.08. The summed E-state index contributed by atoms with van der Waals surface area (Å²) in [5.41, 5.74) is 0. The molecule has 0 bridgehead atoms. The molecule has 5 heteroatoms. The van der Waals surface area contributed by atoms with Gasteiger partial charge in [-0.15, -0.1) is 0 Å². The van der Waals surface area contributed by atoms with Gasteiger partial charge >= 0.3 is 0 Å². The smallest absolute Gasteiger partial charge is 0.169 e. The lowest BCUT2D eigenvalue weighted by Gasteiger charge is -2.09. The summed E-state index contributed by atoms with van der Waals surface area (Å²) in [7, 11) is 0. The maximum atomic E-state index is 9.74. The minimum absolute atomic E-state index is 0.131. The third-order valence-corrected chi connectivity index (χ3v) is 2.39. The Balaban J connectivity index is 1.91. The van der Waals surface area contributed by atoms with Gasteiger partial charge in [0.25, 0.3) is 0 Å². The van der Waals surface area contributed by atoms with Crippen molar-refractivity contribution in [3.8, 4) is 5.75 Å². The van der Waals surface area contributed by atoms with E-state index in [-0.39, 0.29) is 6.61 Å². The summed E-state index contributed by atoms with van der Waals surface area (Å²) >= 11 is 3.17. The van der Waals surface area contributed by atoms with Gasteiger partial charge in [0.2, 0.25) is 0 Å². The molecule has 0 aliphatic heterocycles. The Bertz CT molecular complexity index is 444. The molecule has 0 aromatic carbocycles. The highest BCUT2D eigenvalue weighted by Gasteiger charge is 2.12. The van der Waals surface area contributed by atoms with Crippen LogP contribution in [0, 0.1) is 0 Å². The summed E-state index contributed by atoms with van der Waals surface area (Å²) < 4.78 is 11.1. The van der Waals surface area contributed by atoms with Crippen LogP contribution in [0.25, 0.3) is 0 Å². The first-order chi connectivity index (χ1) is 7.75. The molecule has 0 aliphatic carbocycles. The third-order valence-electron chi connectivity index (χ3n) is 1.96. The molecule has 0 amide bonds. The van der Waals surface area contributed by atoms with E-state index in [2.05, 4.69) is 20.9 Å². The number of ether oxygens (including phenoxy) is 1. The maximum absolute atomic E-state index is 9.74. The zero-order chi connectivity index (χ0) is 11.4. The molecule has 0 fully saturated rings. The Morgan fingerprint density at radius 1 is 1.44 bits per heavy atom. The highest BCUT2D eigenvalue weighted by Crippen LogP contribution is 2.21. The van der Waals surface area contributed by atoms with Crippen molar-refractivity contribution in [2.75, 3.05) is 6.61 Å². The van der Waals surface area contributed by atoms with Crippen molar-refractivity contribution < 1.29 is 14.3 Å². The molecule has 84 valence electrons. The average molecular weight is 284 g/mol. The van der Waals surface area contributed by atoms with E-state index in [0.29, 0.717) is 16.2 Å². The molecule has 1 unspecified atom stereocenters. The molecule has 0 aliphatic rings. The molecule has 4 nitrogen and oxygen atoms in total. The summed E-state index contributed by atoms with van der Waals surface area (Å²) in [6.07, 6.45) is 2.46. The fraction of sp³-hybridized carbons (Fsp3) is 0.182. The summed E-state index contributed by atoms with van der Waals surface area (Å²) in [4.78, 5) is 3.90. The topological polar surface area (TPSA) is 55.5 Å². The van der Waals surface area contributed by atoms with Crippen LogP contribution in [-0.4, -0.2) is 16.7 Å². The van der Waals surface area contributed by atoms with Crippen LogP contribution < -0.4 is 4.74 Å². The van der Waals surface area contributed by atoms with Crippen LogP contribution in [0.2, 0.25) is 0 Å². The lowest BCUT2D eigenvalue weighted by molar-refractivity contribution is 0.0878. The van der Waals surface area contributed by atoms with Gasteiger partial charge in [-0.2, -0.15) is 0 Å². The lowest BCUT2D eigenvalue weighted by atomic mass is 10.3. The van der Waals surface area contributed by atoms with Crippen LogP contribution in [0.4, 0.5) is 0 Å². The average Bonchev–Trinajstić information content (AvgIpc) is 2.74. The van der Waals surface area contributed by atoms with Crippen LogP contribution in [0.15, 0.2) is 45.7 Å². The van der Waals surface area contributed by atoms with E-state index in [9.17, 15) is 5.11 Å². The van der Waals surface area contributed by atoms with Crippen molar-refractivity contribution in [1.29, 1.82) is 0 Å².